The number of hydrogen-bond donors (Lipinski definition) is 3. The van der Waals surface area contributed by atoms with Crippen molar-refractivity contribution in [3.8, 4) is 17.1 Å². The van der Waals surface area contributed by atoms with Gasteiger partial charge in [-0.05, 0) is 111 Å². The van der Waals surface area contributed by atoms with E-state index in [1.165, 1.54) is 30.7 Å². The predicted molar refractivity (Wildman–Crippen MR) is 261 cm³/mol. The average Bonchev–Trinajstić information content (AvgIpc) is 3.80. The summed E-state index contributed by atoms with van der Waals surface area (Å²) in [5, 5.41) is 17.2. The number of carbonyl (C=O) groups excluding carboxylic acids is 2. The number of methoxy groups -OCH3 is 1. The number of carbonyl (C=O) groups is 2. The Balaban J connectivity index is 0.917. The second kappa shape index (κ2) is 18.1. The first kappa shape index (κ1) is 45.8. The molecule has 1 aliphatic carbocycles. The highest BCUT2D eigenvalue weighted by molar-refractivity contribution is 7.90. The van der Waals surface area contributed by atoms with Crippen LogP contribution in [0.4, 0.5) is 34.4 Å². The number of sulfone groups is 1. The number of ether oxygens (including phenoxy) is 1. The number of piperazine rings is 1. The topological polar surface area (TPSA) is 178 Å². The smallest absolute Gasteiger partial charge is 0.276 e. The third-order valence-electron chi connectivity index (χ3n) is 13.9. The predicted octanol–water partition coefficient (Wildman–Crippen LogP) is 6.47. The zero-order chi connectivity index (χ0) is 47.4. The highest BCUT2D eigenvalue weighted by Gasteiger charge is 2.38. The molecule has 0 bridgehead atoms. The van der Waals surface area contributed by atoms with Crippen molar-refractivity contribution >= 4 is 56.0 Å². The number of piperidine rings is 1. The Labute approximate surface area is 392 Å². The van der Waals surface area contributed by atoms with Gasteiger partial charge < -0.3 is 34.8 Å². The maximum Gasteiger partial charge on any atom is 0.276 e. The van der Waals surface area contributed by atoms with Crippen LogP contribution in [-0.2, 0) is 40.6 Å². The van der Waals surface area contributed by atoms with Crippen molar-refractivity contribution in [2.75, 3.05) is 71.4 Å². The molecular weight excluding hydrogens is 869 g/mol. The van der Waals surface area contributed by atoms with Crippen LogP contribution in [0.5, 0.6) is 5.88 Å². The fraction of sp³-hybridized carbons (Fsp3) is 0.420. The van der Waals surface area contributed by atoms with Crippen molar-refractivity contribution in [3.63, 3.8) is 0 Å². The number of fused-ring (bicyclic) bond motifs is 3. The second-order valence-corrected chi connectivity index (χ2v) is 21.1. The third kappa shape index (κ3) is 8.99. The summed E-state index contributed by atoms with van der Waals surface area (Å²) < 4.78 is 31.8. The number of nitrogens with one attached hydrogen (secondary N) is 2. The first-order valence-electron chi connectivity index (χ1n) is 23.0. The highest BCUT2D eigenvalue weighted by Crippen LogP contribution is 2.41. The first-order valence-corrected chi connectivity index (χ1v) is 24.9. The molecule has 2 aromatic carbocycles. The molecule has 3 atom stereocenters. The summed E-state index contributed by atoms with van der Waals surface area (Å²) in [6, 6.07) is 17.6. The zero-order valence-corrected chi connectivity index (χ0v) is 39.9. The van der Waals surface area contributed by atoms with Crippen molar-refractivity contribution in [3.05, 3.63) is 102 Å². The van der Waals surface area contributed by atoms with Gasteiger partial charge in [-0.3, -0.25) is 19.4 Å². The molecule has 3 N–H and O–H groups in total. The quantitative estimate of drug-likeness (QED) is 0.116. The van der Waals surface area contributed by atoms with Crippen LogP contribution in [0, 0.1) is 5.41 Å². The van der Waals surface area contributed by atoms with Crippen LogP contribution in [0.2, 0.25) is 0 Å². The van der Waals surface area contributed by atoms with Gasteiger partial charge in [0.1, 0.15) is 11.5 Å². The van der Waals surface area contributed by atoms with Crippen molar-refractivity contribution in [2.45, 2.75) is 89.6 Å². The molecule has 5 aromatic rings. The number of benzene rings is 2. The van der Waals surface area contributed by atoms with Gasteiger partial charge in [-0.1, -0.05) is 20.4 Å². The van der Waals surface area contributed by atoms with Crippen LogP contribution in [-0.4, -0.2) is 114 Å². The largest absolute Gasteiger partial charge is 0.478 e. The Morgan fingerprint density at radius 2 is 1.78 bits per heavy atom. The van der Waals surface area contributed by atoms with Gasteiger partial charge in [0, 0.05) is 98.0 Å². The van der Waals surface area contributed by atoms with Crippen LogP contribution in [0.1, 0.15) is 67.8 Å². The van der Waals surface area contributed by atoms with Gasteiger partial charge in [0.2, 0.25) is 5.91 Å². The molecule has 3 aliphatic heterocycles. The fourth-order valence-electron chi connectivity index (χ4n) is 10.7. The van der Waals surface area contributed by atoms with E-state index in [-0.39, 0.29) is 41.8 Å². The molecule has 2 saturated heterocycles. The molecule has 2 fully saturated rings. The molecule has 17 heteroatoms. The van der Waals surface area contributed by atoms with E-state index in [1.807, 2.05) is 36.4 Å². The Hall–Kier alpha value is -6.30. The number of amides is 2. The highest BCUT2D eigenvalue weighted by atomic mass is 32.2. The maximum atomic E-state index is 14.0. The summed E-state index contributed by atoms with van der Waals surface area (Å²) in [4.78, 5) is 50.3. The molecule has 0 radical (unpaired) electrons. The van der Waals surface area contributed by atoms with E-state index in [4.69, 9.17) is 9.72 Å². The van der Waals surface area contributed by atoms with Gasteiger partial charge in [-0.2, -0.15) is 0 Å². The summed E-state index contributed by atoms with van der Waals surface area (Å²) in [7, 11) is -1.74. The molecule has 2 amide bonds. The van der Waals surface area contributed by atoms with Crippen molar-refractivity contribution in [1.82, 2.24) is 24.4 Å². The van der Waals surface area contributed by atoms with Crippen LogP contribution < -0.4 is 30.1 Å². The normalized spacial score (nSPS) is 20.6. The minimum absolute atomic E-state index is 0.135. The molecule has 9 rings (SSSR count). The molecule has 16 nitrogen and oxygen atoms in total. The molecule has 1 unspecified atom stereocenters. The average molecular weight is 929 g/mol. The van der Waals surface area contributed by atoms with Crippen molar-refractivity contribution in [1.29, 1.82) is 0 Å². The summed E-state index contributed by atoms with van der Waals surface area (Å²) in [5.74, 6) is 0.448. The number of aromatic nitrogens is 4. The SMILES string of the molecule is C=CC(=O)Nc1cc(Nc2nc(-c3ccnc(N4CCn5c(cc6c5CC(C)(C)C6)C4=O)c3CO)cnc2OC)ccc1N1CCN(C2CCN(c3ccc(S(C)(=O)=O)cc3)[C@H](C)C2)C[C@@H]1C. The summed E-state index contributed by atoms with van der Waals surface area (Å²) in [6.07, 6.45) is 9.53. The van der Waals surface area contributed by atoms with Crippen LogP contribution in [0.15, 0.2) is 84.5 Å². The Morgan fingerprint density at radius 3 is 2.48 bits per heavy atom. The zero-order valence-electron chi connectivity index (χ0n) is 39.1. The van der Waals surface area contributed by atoms with Crippen molar-refractivity contribution < 1.29 is 27.9 Å². The van der Waals surface area contributed by atoms with E-state index in [1.54, 1.807) is 35.5 Å². The molecule has 4 aliphatic rings. The summed E-state index contributed by atoms with van der Waals surface area (Å²) >= 11 is 0. The van der Waals surface area contributed by atoms with Gasteiger partial charge in [0.05, 0.1) is 41.9 Å². The van der Waals surface area contributed by atoms with Gasteiger partial charge in [-0.25, -0.2) is 23.4 Å². The van der Waals surface area contributed by atoms with Crippen molar-refractivity contribution in [2.24, 2.45) is 5.41 Å². The number of aliphatic hydroxyl groups excluding tert-OH is 1. The summed E-state index contributed by atoms with van der Waals surface area (Å²) in [6.45, 7) is 16.7. The standard InChI is InChI=1S/C50H60N10O6S/c1-8-45(62)54-40-25-34(9-14-42(40)58-20-19-56(29-32(58)3)36-16-18-57(31(2)23-36)35-10-12-37(13-11-35)67(7,64)65)53-46-48(66-6)52-28-41(55-46)38-15-17-51-47(39(38)30-61)60-22-21-59-43(49(60)63)24-33-26-50(4,5)27-44(33)59/h8-15,17,24-25,28,31-32,36,61H,1,16,18-23,26-27,29-30H2,2-7H3,(H,53,55)(H,54,62)/t31-,32+,36?/m1/s1. The number of hydrogen-bond acceptors (Lipinski definition) is 13. The Morgan fingerprint density at radius 1 is 0.985 bits per heavy atom. The second-order valence-electron chi connectivity index (χ2n) is 19.1. The summed E-state index contributed by atoms with van der Waals surface area (Å²) in [5.41, 5.74) is 7.91. The molecule has 352 valence electrons. The number of rotatable bonds is 12. The molecular formula is C50H60N10O6S. The van der Waals surface area contributed by atoms with Crippen LogP contribution >= 0.6 is 0 Å². The first-order chi connectivity index (χ1) is 32.0. The maximum absolute atomic E-state index is 14.0. The van der Waals surface area contributed by atoms with E-state index < -0.39 is 9.84 Å². The minimum atomic E-state index is -3.25. The van der Waals surface area contributed by atoms with Crippen LogP contribution in [0.3, 0.4) is 0 Å². The van der Waals surface area contributed by atoms with Gasteiger partial charge >= 0.3 is 0 Å². The van der Waals surface area contributed by atoms with Crippen LogP contribution in [0.25, 0.3) is 11.3 Å². The monoisotopic (exact) mass is 928 g/mol. The number of anilines is 6. The van der Waals surface area contributed by atoms with Gasteiger partial charge in [0.15, 0.2) is 15.7 Å². The fourth-order valence-corrected chi connectivity index (χ4v) is 11.3. The third-order valence-corrected chi connectivity index (χ3v) is 15.0. The number of pyridine rings is 1. The van der Waals surface area contributed by atoms with E-state index in [0.29, 0.717) is 69.6 Å². The lowest BCUT2D eigenvalue weighted by Crippen LogP contribution is -2.58. The van der Waals surface area contributed by atoms with Gasteiger partial charge in [0.25, 0.3) is 11.8 Å². The van der Waals surface area contributed by atoms with E-state index >= 15 is 0 Å². The molecule has 0 saturated carbocycles. The Kier molecular flexibility index (Phi) is 12.4. The lowest BCUT2D eigenvalue weighted by molar-refractivity contribution is -0.111. The van der Waals surface area contributed by atoms with Gasteiger partial charge in [-0.15, -0.1) is 0 Å². The lowest BCUT2D eigenvalue weighted by atomic mass is 9.90. The van der Waals surface area contributed by atoms with E-state index in [9.17, 15) is 23.1 Å². The van der Waals surface area contributed by atoms with E-state index in [0.717, 1.165) is 63.2 Å². The Bertz CT molecular complexity index is 2850. The molecule has 67 heavy (non-hydrogen) atoms. The lowest BCUT2D eigenvalue weighted by Gasteiger charge is -2.48. The molecule has 3 aromatic heterocycles. The van der Waals surface area contributed by atoms with E-state index in [2.05, 4.69) is 74.1 Å². The number of nitrogens with zero attached hydrogens (tertiary/aromatic N) is 8. The molecule has 6 heterocycles. The molecule has 0 spiro atoms. The number of aliphatic hydroxyl groups is 1. The minimum Gasteiger partial charge on any atom is -0.478 e.